The molecule has 0 spiro atoms. The summed E-state index contributed by atoms with van der Waals surface area (Å²) >= 11 is 0. The van der Waals surface area contributed by atoms with Crippen LogP contribution in [-0.4, -0.2) is 43.2 Å². The number of carbonyl (C=O) groups is 1. The third-order valence-corrected chi connectivity index (χ3v) is 4.71. The average Bonchev–Trinajstić information content (AvgIpc) is 2.89. The monoisotopic (exact) mass is 350 g/mol. The van der Waals surface area contributed by atoms with Crippen molar-refractivity contribution in [2.45, 2.75) is 13.3 Å². The van der Waals surface area contributed by atoms with Gasteiger partial charge in [-0.3, -0.25) is 9.10 Å². The molecule has 0 saturated heterocycles. The molecule has 0 aliphatic heterocycles. The average molecular weight is 350 g/mol. The van der Waals surface area contributed by atoms with Gasteiger partial charge < -0.3 is 9.88 Å². The summed E-state index contributed by atoms with van der Waals surface area (Å²) in [6.07, 6.45) is 5.20. The van der Waals surface area contributed by atoms with Crippen LogP contribution in [0.15, 0.2) is 36.7 Å². The molecule has 0 atom stereocenters. The molecule has 1 aromatic carbocycles. The molecule has 1 amide bonds. The highest BCUT2D eigenvalue weighted by molar-refractivity contribution is 7.92. The van der Waals surface area contributed by atoms with Gasteiger partial charge in [-0.05, 0) is 24.6 Å². The Morgan fingerprint density at radius 2 is 2.12 bits per heavy atom. The van der Waals surface area contributed by atoms with Crippen LogP contribution >= 0.6 is 0 Å². The fourth-order valence-electron chi connectivity index (χ4n) is 2.32. The molecule has 1 aromatic heterocycles. The Morgan fingerprint density at radius 1 is 1.38 bits per heavy atom. The van der Waals surface area contributed by atoms with Crippen molar-refractivity contribution in [1.29, 1.82) is 0 Å². The number of aromatic nitrogens is 2. The SMILES string of the molecule is Cc1cccc(N(CC(=O)NCCc2nccn2C)S(C)(=O)=O)c1. The molecule has 130 valence electrons. The van der Waals surface area contributed by atoms with Gasteiger partial charge in [0, 0.05) is 32.4 Å². The minimum Gasteiger partial charge on any atom is -0.354 e. The van der Waals surface area contributed by atoms with Gasteiger partial charge in [-0.15, -0.1) is 0 Å². The van der Waals surface area contributed by atoms with E-state index in [9.17, 15) is 13.2 Å². The number of hydrogen-bond acceptors (Lipinski definition) is 4. The minimum atomic E-state index is -3.55. The van der Waals surface area contributed by atoms with Gasteiger partial charge in [-0.2, -0.15) is 0 Å². The third-order valence-electron chi connectivity index (χ3n) is 3.57. The molecule has 1 heterocycles. The quantitative estimate of drug-likeness (QED) is 0.802. The first-order chi connectivity index (χ1) is 11.3. The number of imidazole rings is 1. The fourth-order valence-corrected chi connectivity index (χ4v) is 3.17. The van der Waals surface area contributed by atoms with Crippen molar-refractivity contribution in [2.75, 3.05) is 23.7 Å². The van der Waals surface area contributed by atoms with E-state index in [1.807, 2.05) is 30.8 Å². The van der Waals surface area contributed by atoms with E-state index in [1.54, 1.807) is 24.4 Å². The molecule has 1 N–H and O–H groups in total. The summed E-state index contributed by atoms with van der Waals surface area (Å²) in [6.45, 7) is 2.02. The van der Waals surface area contributed by atoms with Crippen molar-refractivity contribution >= 4 is 21.6 Å². The van der Waals surface area contributed by atoms with Crippen molar-refractivity contribution in [1.82, 2.24) is 14.9 Å². The molecule has 0 bridgehead atoms. The van der Waals surface area contributed by atoms with Crippen LogP contribution in [0.4, 0.5) is 5.69 Å². The minimum absolute atomic E-state index is 0.247. The number of anilines is 1. The van der Waals surface area contributed by atoms with Gasteiger partial charge in [0.1, 0.15) is 12.4 Å². The molecule has 8 heteroatoms. The Balaban J connectivity index is 1.99. The van der Waals surface area contributed by atoms with Crippen LogP contribution in [0.5, 0.6) is 0 Å². The molecule has 24 heavy (non-hydrogen) atoms. The molecule has 0 unspecified atom stereocenters. The van der Waals surface area contributed by atoms with Gasteiger partial charge in [0.15, 0.2) is 0 Å². The highest BCUT2D eigenvalue weighted by Crippen LogP contribution is 2.18. The maximum atomic E-state index is 12.1. The number of carbonyl (C=O) groups excluding carboxylic acids is 1. The summed E-state index contributed by atoms with van der Waals surface area (Å²) in [4.78, 5) is 16.3. The van der Waals surface area contributed by atoms with Crippen LogP contribution < -0.4 is 9.62 Å². The van der Waals surface area contributed by atoms with E-state index in [1.165, 1.54) is 0 Å². The summed E-state index contributed by atoms with van der Waals surface area (Å²) in [5.41, 5.74) is 1.41. The predicted octanol–water partition coefficient (Wildman–Crippen LogP) is 0.853. The molecule has 2 rings (SSSR count). The lowest BCUT2D eigenvalue weighted by atomic mass is 10.2. The van der Waals surface area contributed by atoms with Gasteiger partial charge >= 0.3 is 0 Å². The summed E-state index contributed by atoms with van der Waals surface area (Å²) in [5.74, 6) is 0.505. The predicted molar refractivity (Wildman–Crippen MR) is 93.3 cm³/mol. The standard InChI is InChI=1S/C16H22N4O3S/c1-13-5-4-6-14(11-13)20(24(3,22)23)12-16(21)18-8-7-15-17-9-10-19(15)2/h4-6,9-11H,7-8,12H2,1-3H3,(H,18,21). The number of amides is 1. The van der Waals surface area contributed by atoms with Crippen molar-refractivity contribution in [2.24, 2.45) is 7.05 Å². The van der Waals surface area contributed by atoms with E-state index in [0.717, 1.165) is 21.9 Å². The van der Waals surface area contributed by atoms with E-state index in [2.05, 4.69) is 10.3 Å². The first-order valence-electron chi connectivity index (χ1n) is 7.54. The summed E-state index contributed by atoms with van der Waals surface area (Å²) < 4.78 is 27.0. The molecule has 2 aromatic rings. The van der Waals surface area contributed by atoms with E-state index in [0.29, 0.717) is 18.7 Å². The van der Waals surface area contributed by atoms with E-state index < -0.39 is 10.0 Å². The zero-order valence-electron chi connectivity index (χ0n) is 14.1. The van der Waals surface area contributed by atoms with Crippen LogP contribution in [0, 0.1) is 6.92 Å². The van der Waals surface area contributed by atoms with E-state index >= 15 is 0 Å². The zero-order valence-corrected chi connectivity index (χ0v) is 14.9. The molecular weight excluding hydrogens is 328 g/mol. The maximum absolute atomic E-state index is 12.1. The lowest BCUT2D eigenvalue weighted by Crippen LogP contribution is -2.41. The van der Waals surface area contributed by atoms with Crippen molar-refractivity contribution in [3.8, 4) is 0 Å². The highest BCUT2D eigenvalue weighted by Gasteiger charge is 2.20. The normalized spacial score (nSPS) is 11.3. The smallest absolute Gasteiger partial charge is 0.240 e. The Bertz CT molecular complexity index is 814. The first kappa shape index (κ1) is 18.0. The first-order valence-corrected chi connectivity index (χ1v) is 9.39. The number of nitrogens with zero attached hydrogens (tertiary/aromatic N) is 3. The van der Waals surface area contributed by atoms with Crippen LogP contribution in [-0.2, 0) is 28.3 Å². The summed E-state index contributed by atoms with van der Waals surface area (Å²) in [5, 5.41) is 2.74. The number of sulfonamides is 1. The fraction of sp³-hybridized carbons (Fsp3) is 0.375. The highest BCUT2D eigenvalue weighted by atomic mass is 32.2. The Morgan fingerprint density at radius 3 is 2.71 bits per heavy atom. The van der Waals surface area contributed by atoms with Crippen molar-refractivity contribution in [3.05, 3.63) is 48.0 Å². The lowest BCUT2D eigenvalue weighted by molar-refractivity contribution is -0.119. The largest absolute Gasteiger partial charge is 0.354 e. The van der Waals surface area contributed by atoms with E-state index in [4.69, 9.17) is 0 Å². The van der Waals surface area contributed by atoms with Crippen LogP contribution in [0.3, 0.4) is 0 Å². The molecule has 0 radical (unpaired) electrons. The molecule has 0 fully saturated rings. The number of aryl methyl sites for hydroxylation is 2. The Labute approximate surface area is 142 Å². The Hall–Kier alpha value is -2.35. The van der Waals surface area contributed by atoms with Gasteiger partial charge in [-0.25, -0.2) is 13.4 Å². The second-order valence-electron chi connectivity index (χ2n) is 5.66. The van der Waals surface area contributed by atoms with Gasteiger partial charge in [0.05, 0.1) is 11.9 Å². The second-order valence-corrected chi connectivity index (χ2v) is 7.57. The zero-order chi connectivity index (χ0) is 17.7. The number of hydrogen-bond donors (Lipinski definition) is 1. The number of nitrogens with one attached hydrogen (secondary N) is 1. The molecule has 7 nitrogen and oxygen atoms in total. The summed E-state index contributed by atoms with van der Waals surface area (Å²) in [7, 11) is -1.67. The summed E-state index contributed by atoms with van der Waals surface area (Å²) in [6, 6.07) is 7.05. The molecule has 0 aliphatic carbocycles. The van der Waals surface area contributed by atoms with Gasteiger partial charge in [-0.1, -0.05) is 12.1 Å². The second kappa shape index (κ2) is 7.48. The maximum Gasteiger partial charge on any atom is 0.240 e. The van der Waals surface area contributed by atoms with Crippen LogP contribution in [0.25, 0.3) is 0 Å². The Kier molecular flexibility index (Phi) is 5.61. The topological polar surface area (TPSA) is 84.3 Å². The van der Waals surface area contributed by atoms with Crippen molar-refractivity contribution in [3.63, 3.8) is 0 Å². The molecular formula is C16H22N4O3S. The van der Waals surface area contributed by atoms with Crippen LogP contribution in [0.1, 0.15) is 11.4 Å². The lowest BCUT2D eigenvalue weighted by Gasteiger charge is -2.22. The van der Waals surface area contributed by atoms with Gasteiger partial charge in [0.2, 0.25) is 15.9 Å². The number of rotatable bonds is 7. The molecule has 0 saturated carbocycles. The van der Waals surface area contributed by atoms with Crippen molar-refractivity contribution < 1.29 is 13.2 Å². The molecule has 0 aliphatic rings. The number of benzene rings is 1. The van der Waals surface area contributed by atoms with Crippen LogP contribution in [0.2, 0.25) is 0 Å². The van der Waals surface area contributed by atoms with Gasteiger partial charge in [0.25, 0.3) is 0 Å². The third kappa shape index (κ3) is 4.82. The van der Waals surface area contributed by atoms with E-state index in [-0.39, 0.29) is 12.5 Å².